The molecule has 3 nitrogen and oxygen atoms in total. The van der Waals surface area contributed by atoms with Gasteiger partial charge in [0.1, 0.15) is 5.82 Å². The largest absolute Gasteiger partial charge is 0.376 e. The van der Waals surface area contributed by atoms with Crippen molar-refractivity contribution in [1.82, 2.24) is 4.90 Å². The molecule has 0 spiro atoms. The molecule has 108 valence electrons. The van der Waals surface area contributed by atoms with E-state index in [2.05, 4.69) is 23.7 Å². The van der Waals surface area contributed by atoms with Crippen LogP contribution < -0.4 is 5.73 Å². The number of morpholine rings is 1. The zero-order chi connectivity index (χ0) is 14.4. The maximum absolute atomic E-state index is 13.3. The molecule has 1 aliphatic heterocycles. The predicted octanol–water partition coefficient (Wildman–Crippen LogP) is 1.75. The van der Waals surface area contributed by atoms with Gasteiger partial charge < -0.3 is 10.5 Å². The Bertz CT molecular complexity index is 507. The Balaban J connectivity index is 2.12. The van der Waals surface area contributed by atoms with Crippen molar-refractivity contribution in [2.24, 2.45) is 5.73 Å². The van der Waals surface area contributed by atoms with E-state index in [0.29, 0.717) is 6.10 Å². The smallest absolute Gasteiger partial charge is 0.124 e. The molecule has 1 aromatic carbocycles. The zero-order valence-corrected chi connectivity index (χ0v) is 11.9. The van der Waals surface area contributed by atoms with Crippen LogP contribution in [0.15, 0.2) is 18.2 Å². The molecule has 0 saturated carbocycles. The van der Waals surface area contributed by atoms with Crippen molar-refractivity contribution < 1.29 is 9.13 Å². The predicted molar refractivity (Wildman–Crippen MR) is 77.6 cm³/mol. The Morgan fingerprint density at radius 1 is 1.50 bits per heavy atom. The molecule has 1 heterocycles. The molecular weight excluding hydrogens is 255 g/mol. The number of hydrogen-bond donors (Lipinski definition) is 1. The van der Waals surface area contributed by atoms with E-state index in [-0.39, 0.29) is 12.4 Å². The minimum atomic E-state index is -0.261. The van der Waals surface area contributed by atoms with Crippen molar-refractivity contribution in [2.45, 2.75) is 26.0 Å². The highest BCUT2D eigenvalue weighted by Crippen LogP contribution is 2.16. The van der Waals surface area contributed by atoms with Gasteiger partial charge in [-0.3, -0.25) is 4.90 Å². The van der Waals surface area contributed by atoms with Crippen molar-refractivity contribution in [3.8, 4) is 11.8 Å². The molecule has 0 bridgehead atoms. The molecule has 2 rings (SSSR count). The van der Waals surface area contributed by atoms with Crippen LogP contribution in [0.5, 0.6) is 0 Å². The molecule has 4 heteroatoms. The molecule has 0 amide bonds. The second-order valence-electron chi connectivity index (χ2n) is 4.94. The summed E-state index contributed by atoms with van der Waals surface area (Å²) in [4.78, 5) is 2.33. The fourth-order valence-corrected chi connectivity index (χ4v) is 2.36. The molecule has 20 heavy (non-hydrogen) atoms. The molecular formula is C16H21FN2O. The first-order valence-corrected chi connectivity index (χ1v) is 7.04. The van der Waals surface area contributed by atoms with Crippen LogP contribution in [0.2, 0.25) is 0 Å². The summed E-state index contributed by atoms with van der Waals surface area (Å²) >= 11 is 0. The lowest BCUT2D eigenvalue weighted by Gasteiger charge is -2.32. The third-order valence-electron chi connectivity index (χ3n) is 3.47. The quantitative estimate of drug-likeness (QED) is 0.855. The summed E-state index contributed by atoms with van der Waals surface area (Å²) in [5.74, 6) is 5.49. The molecule has 0 radical (unpaired) electrons. The Hall–Kier alpha value is -1.41. The number of nitrogens with two attached hydrogens (primary N) is 1. The van der Waals surface area contributed by atoms with Crippen LogP contribution in [0.1, 0.15) is 24.5 Å². The van der Waals surface area contributed by atoms with Crippen LogP contribution in [0.4, 0.5) is 4.39 Å². The van der Waals surface area contributed by atoms with Crippen LogP contribution >= 0.6 is 0 Å². The fourth-order valence-electron chi connectivity index (χ4n) is 2.36. The third-order valence-corrected chi connectivity index (χ3v) is 3.47. The summed E-state index contributed by atoms with van der Waals surface area (Å²) < 4.78 is 19.0. The van der Waals surface area contributed by atoms with Gasteiger partial charge in [0.05, 0.1) is 19.3 Å². The maximum Gasteiger partial charge on any atom is 0.124 e. The minimum Gasteiger partial charge on any atom is -0.376 e. The highest BCUT2D eigenvalue weighted by atomic mass is 19.1. The van der Waals surface area contributed by atoms with Gasteiger partial charge >= 0.3 is 0 Å². The van der Waals surface area contributed by atoms with Gasteiger partial charge in [-0.05, 0) is 24.1 Å². The molecule has 0 aromatic heterocycles. The van der Waals surface area contributed by atoms with Crippen LogP contribution in [0, 0.1) is 17.7 Å². The van der Waals surface area contributed by atoms with Gasteiger partial charge in [-0.1, -0.05) is 24.8 Å². The van der Waals surface area contributed by atoms with Crippen molar-refractivity contribution in [1.29, 1.82) is 0 Å². The fraction of sp³-hybridized carbons (Fsp3) is 0.500. The van der Waals surface area contributed by atoms with Crippen molar-refractivity contribution in [3.05, 3.63) is 35.1 Å². The van der Waals surface area contributed by atoms with Crippen LogP contribution in [-0.2, 0) is 11.3 Å². The Morgan fingerprint density at radius 3 is 3.10 bits per heavy atom. The minimum absolute atomic E-state index is 0.261. The highest BCUT2D eigenvalue weighted by Gasteiger charge is 2.19. The van der Waals surface area contributed by atoms with Gasteiger partial charge in [-0.2, -0.15) is 0 Å². The van der Waals surface area contributed by atoms with Gasteiger partial charge in [0, 0.05) is 25.2 Å². The molecule has 2 N–H and O–H groups in total. The first-order chi connectivity index (χ1) is 9.72. The van der Waals surface area contributed by atoms with Crippen LogP contribution in [-0.4, -0.2) is 37.2 Å². The summed E-state index contributed by atoms with van der Waals surface area (Å²) in [6.07, 6.45) is 1.31. The summed E-state index contributed by atoms with van der Waals surface area (Å²) in [5, 5.41) is 0. The molecule has 1 saturated heterocycles. The standard InChI is InChI=1S/C16H21FN2O/c1-2-16-12-19(8-9-20-16)11-14-5-6-15(17)10-13(14)4-3-7-18/h5-6,10,16H,2,7-9,11-12,18H2,1H3. The van der Waals surface area contributed by atoms with Gasteiger partial charge in [-0.25, -0.2) is 4.39 Å². The lowest BCUT2D eigenvalue weighted by atomic mass is 10.1. The monoisotopic (exact) mass is 276 g/mol. The molecule has 0 aliphatic carbocycles. The summed E-state index contributed by atoms with van der Waals surface area (Å²) in [6, 6.07) is 4.78. The number of nitrogens with zero attached hydrogens (tertiary/aromatic N) is 1. The van der Waals surface area contributed by atoms with Crippen molar-refractivity contribution in [3.63, 3.8) is 0 Å². The molecule has 1 unspecified atom stereocenters. The lowest BCUT2D eigenvalue weighted by Crippen LogP contribution is -2.41. The molecule has 1 aromatic rings. The Labute approximate surface area is 119 Å². The Morgan fingerprint density at radius 2 is 2.35 bits per heavy atom. The van der Waals surface area contributed by atoms with E-state index >= 15 is 0 Å². The van der Waals surface area contributed by atoms with E-state index in [4.69, 9.17) is 10.5 Å². The number of halogens is 1. The second-order valence-corrected chi connectivity index (χ2v) is 4.94. The second kappa shape index (κ2) is 7.39. The molecule has 1 aliphatic rings. The van der Waals surface area contributed by atoms with Gasteiger partial charge in [0.15, 0.2) is 0 Å². The van der Waals surface area contributed by atoms with Gasteiger partial charge in [-0.15, -0.1) is 0 Å². The topological polar surface area (TPSA) is 38.5 Å². The zero-order valence-electron chi connectivity index (χ0n) is 11.9. The average molecular weight is 276 g/mol. The van der Waals surface area contributed by atoms with E-state index in [0.717, 1.165) is 43.8 Å². The SMILES string of the molecule is CCC1CN(Cc2ccc(F)cc2C#CCN)CCO1. The van der Waals surface area contributed by atoms with E-state index in [1.165, 1.54) is 12.1 Å². The molecule has 1 fully saturated rings. The molecule has 1 atom stereocenters. The summed E-state index contributed by atoms with van der Waals surface area (Å²) in [7, 11) is 0. The normalized spacial score (nSPS) is 19.4. The third kappa shape index (κ3) is 4.04. The van der Waals surface area contributed by atoms with E-state index in [1.807, 2.05) is 6.07 Å². The van der Waals surface area contributed by atoms with E-state index < -0.39 is 0 Å². The maximum atomic E-state index is 13.3. The number of ether oxygens (including phenoxy) is 1. The Kier molecular flexibility index (Phi) is 5.54. The van der Waals surface area contributed by atoms with E-state index in [1.54, 1.807) is 0 Å². The number of rotatable bonds is 3. The van der Waals surface area contributed by atoms with Crippen LogP contribution in [0.3, 0.4) is 0 Å². The first kappa shape index (κ1) is 15.0. The number of hydrogen-bond acceptors (Lipinski definition) is 3. The average Bonchev–Trinajstić information content (AvgIpc) is 2.47. The summed E-state index contributed by atoms with van der Waals surface area (Å²) in [6.45, 7) is 5.75. The van der Waals surface area contributed by atoms with Crippen molar-refractivity contribution in [2.75, 3.05) is 26.2 Å². The van der Waals surface area contributed by atoms with Crippen LogP contribution in [0.25, 0.3) is 0 Å². The number of benzene rings is 1. The van der Waals surface area contributed by atoms with Crippen molar-refractivity contribution >= 4 is 0 Å². The first-order valence-electron chi connectivity index (χ1n) is 7.04. The van der Waals surface area contributed by atoms with E-state index in [9.17, 15) is 4.39 Å². The lowest BCUT2D eigenvalue weighted by molar-refractivity contribution is -0.0324. The van der Waals surface area contributed by atoms with Gasteiger partial charge in [0.2, 0.25) is 0 Å². The van der Waals surface area contributed by atoms with Gasteiger partial charge in [0.25, 0.3) is 0 Å². The highest BCUT2D eigenvalue weighted by molar-refractivity contribution is 5.41. The summed E-state index contributed by atoms with van der Waals surface area (Å²) in [5.41, 5.74) is 7.17.